The van der Waals surface area contributed by atoms with Crippen LogP contribution in [0.2, 0.25) is 0 Å². The lowest BCUT2D eigenvalue weighted by molar-refractivity contribution is -0.140. The van der Waals surface area contributed by atoms with Crippen molar-refractivity contribution in [2.45, 2.75) is 38.6 Å². The predicted octanol–water partition coefficient (Wildman–Crippen LogP) is 3.40. The van der Waals surface area contributed by atoms with Gasteiger partial charge in [-0.25, -0.2) is 0 Å². The van der Waals surface area contributed by atoms with Gasteiger partial charge >= 0.3 is 5.97 Å². The number of nitrogens with one attached hydrogen (secondary N) is 1. The van der Waals surface area contributed by atoms with Gasteiger partial charge in [0.05, 0.1) is 13.5 Å². The lowest BCUT2D eigenvalue weighted by Gasteiger charge is -2.11. The molecule has 0 atom stereocenters. The average molecular weight is 295 g/mol. The molecule has 0 saturated heterocycles. The highest BCUT2D eigenvalue weighted by molar-refractivity contribution is 7.99. The minimum Gasteiger partial charge on any atom is -0.469 e. The van der Waals surface area contributed by atoms with Crippen molar-refractivity contribution in [2.24, 2.45) is 5.92 Å². The molecule has 0 aliphatic carbocycles. The summed E-state index contributed by atoms with van der Waals surface area (Å²) in [6.45, 7) is 8.50. The van der Waals surface area contributed by atoms with E-state index in [2.05, 4.69) is 49.0 Å². The number of carbonyl (C=O) groups is 1. The van der Waals surface area contributed by atoms with Gasteiger partial charge in [-0.3, -0.25) is 4.79 Å². The third kappa shape index (κ3) is 6.44. The number of methoxy groups -OCH3 is 1. The molecule has 3 nitrogen and oxygen atoms in total. The molecule has 0 bridgehead atoms. The van der Waals surface area contributed by atoms with Crippen LogP contribution < -0.4 is 5.32 Å². The van der Waals surface area contributed by atoms with Crippen LogP contribution in [0.3, 0.4) is 0 Å². The van der Waals surface area contributed by atoms with Gasteiger partial charge in [-0.05, 0) is 42.6 Å². The number of hydrogen-bond acceptors (Lipinski definition) is 4. The summed E-state index contributed by atoms with van der Waals surface area (Å²) < 4.78 is 4.63. The van der Waals surface area contributed by atoms with E-state index in [0.717, 1.165) is 18.8 Å². The smallest absolute Gasteiger partial charge is 0.306 e. The Bertz CT molecular complexity index is 432. The SMILES string of the molecule is COC(=O)CCSc1ccc(CNCC(C)C)c(C)c1. The quantitative estimate of drug-likeness (QED) is 0.589. The summed E-state index contributed by atoms with van der Waals surface area (Å²) in [6.07, 6.45) is 0.456. The lowest BCUT2D eigenvalue weighted by atomic mass is 10.1. The Hall–Kier alpha value is -1.00. The Morgan fingerprint density at radius 3 is 2.75 bits per heavy atom. The Kier molecular flexibility index (Phi) is 7.70. The maximum absolute atomic E-state index is 11.1. The molecule has 1 N–H and O–H groups in total. The number of esters is 1. The summed E-state index contributed by atoms with van der Waals surface area (Å²) >= 11 is 1.69. The molecule has 0 fully saturated rings. The van der Waals surface area contributed by atoms with Crippen molar-refractivity contribution < 1.29 is 9.53 Å². The minimum absolute atomic E-state index is 0.149. The zero-order chi connectivity index (χ0) is 15.0. The first-order valence-corrected chi connectivity index (χ1v) is 8.01. The van der Waals surface area contributed by atoms with Crippen molar-refractivity contribution in [2.75, 3.05) is 19.4 Å². The van der Waals surface area contributed by atoms with Crippen molar-refractivity contribution >= 4 is 17.7 Å². The van der Waals surface area contributed by atoms with E-state index in [1.54, 1.807) is 11.8 Å². The molecule has 0 aliphatic rings. The number of aryl methyl sites for hydroxylation is 1. The van der Waals surface area contributed by atoms with E-state index in [4.69, 9.17) is 0 Å². The minimum atomic E-state index is -0.149. The van der Waals surface area contributed by atoms with E-state index >= 15 is 0 Å². The Morgan fingerprint density at radius 1 is 1.40 bits per heavy atom. The molecule has 0 aliphatic heterocycles. The summed E-state index contributed by atoms with van der Waals surface area (Å²) in [5.41, 5.74) is 2.63. The largest absolute Gasteiger partial charge is 0.469 e. The molecule has 0 heterocycles. The van der Waals surface area contributed by atoms with Crippen LogP contribution in [0.25, 0.3) is 0 Å². The molecule has 20 heavy (non-hydrogen) atoms. The molecule has 4 heteroatoms. The van der Waals surface area contributed by atoms with Crippen LogP contribution in [-0.4, -0.2) is 25.4 Å². The Labute approximate surface area is 126 Å². The van der Waals surface area contributed by atoms with Crippen molar-refractivity contribution in [3.05, 3.63) is 29.3 Å². The van der Waals surface area contributed by atoms with Gasteiger partial charge in [0, 0.05) is 17.2 Å². The molecule has 0 aromatic heterocycles. The fraction of sp³-hybridized carbons (Fsp3) is 0.562. The highest BCUT2D eigenvalue weighted by Crippen LogP contribution is 2.22. The van der Waals surface area contributed by atoms with Gasteiger partial charge in [0.1, 0.15) is 0 Å². The summed E-state index contributed by atoms with van der Waals surface area (Å²) in [7, 11) is 1.43. The third-order valence-corrected chi connectivity index (χ3v) is 3.98. The molecule has 1 aromatic rings. The summed E-state index contributed by atoms with van der Waals surface area (Å²) in [4.78, 5) is 12.3. The summed E-state index contributed by atoms with van der Waals surface area (Å²) in [5, 5.41) is 3.46. The van der Waals surface area contributed by atoms with E-state index < -0.39 is 0 Å². The molecule has 0 unspecified atom stereocenters. The fourth-order valence-electron chi connectivity index (χ4n) is 1.81. The second-order valence-corrected chi connectivity index (χ2v) is 6.46. The topological polar surface area (TPSA) is 38.3 Å². The van der Waals surface area contributed by atoms with Crippen LogP contribution in [0.1, 0.15) is 31.4 Å². The molecule has 0 spiro atoms. The number of thioether (sulfide) groups is 1. The Balaban J connectivity index is 2.44. The second kappa shape index (κ2) is 9.03. The van der Waals surface area contributed by atoms with Crippen molar-refractivity contribution in [3.63, 3.8) is 0 Å². The van der Waals surface area contributed by atoms with Gasteiger partial charge in [-0.1, -0.05) is 19.9 Å². The number of benzene rings is 1. The van der Waals surface area contributed by atoms with E-state index in [1.165, 1.54) is 23.1 Å². The van der Waals surface area contributed by atoms with Crippen molar-refractivity contribution in [1.82, 2.24) is 5.32 Å². The molecule has 0 saturated carbocycles. The van der Waals surface area contributed by atoms with Gasteiger partial charge in [-0.2, -0.15) is 0 Å². The molecule has 1 aromatic carbocycles. The molecule has 112 valence electrons. The maximum Gasteiger partial charge on any atom is 0.306 e. The van der Waals surface area contributed by atoms with Crippen LogP contribution >= 0.6 is 11.8 Å². The molecule has 0 radical (unpaired) electrons. The third-order valence-electron chi connectivity index (χ3n) is 2.98. The standard InChI is InChI=1S/C16H25NO2S/c1-12(2)10-17-11-14-5-6-15(9-13(14)3)20-8-7-16(18)19-4/h5-6,9,12,17H,7-8,10-11H2,1-4H3. The van der Waals surface area contributed by atoms with E-state index in [-0.39, 0.29) is 5.97 Å². The first-order valence-electron chi connectivity index (χ1n) is 7.02. The average Bonchev–Trinajstić information content (AvgIpc) is 2.40. The first-order chi connectivity index (χ1) is 9.52. The fourth-order valence-corrected chi connectivity index (χ4v) is 2.74. The second-order valence-electron chi connectivity index (χ2n) is 5.29. The van der Waals surface area contributed by atoms with Crippen LogP contribution in [0, 0.1) is 12.8 Å². The molecular formula is C16H25NO2S. The van der Waals surface area contributed by atoms with Crippen LogP contribution in [0.5, 0.6) is 0 Å². The van der Waals surface area contributed by atoms with E-state index in [1.807, 2.05) is 0 Å². The van der Waals surface area contributed by atoms with Crippen molar-refractivity contribution in [1.29, 1.82) is 0 Å². The van der Waals surface area contributed by atoms with Gasteiger partial charge in [-0.15, -0.1) is 11.8 Å². The lowest BCUT2D eigenvalue weighted by Crippen LogP contribution is -2.19. The number of ether oxygens (including phenoxy) is 1. The first kappa shape index (κ1) is 17.1. The molecule has 1 rings (SSSR count). The van der Waals surface area contributed by atoms with Crippen molar-refractivity contribution in [3.8, 4) is 0 Å². The number of carbonyl (C=O) groups excluding carboxylic acids is 1. The van der Waals surface area contributed by atoms with E-state index in [0.29, 0.717) is 12.3 Å². The van der Waals surface area contributed by atoms with Gasteiger partial charge in [0.15, 0.2) is 0 Å². The van der Waals surface area contributed by atoms with E-state index in [9.17, 15) is 4.79 Å². The zero-order valence-corrected chi connectivity index (χ0v) is 13.7. The summed E-state index contributed by atoms with van der Waals surface area (Å²) in [6, 6.07) is 6.48. The monoisotopic (exact) mass is 295 g/mol. The normalized spacial score (nSPS) is 10.8. The highest BCUT2D eigenvalue weighted by atomic mass is 32.2. The van der Waals surface area contributed by atoms with Gasteiger partial charge in [0.25, 0.3) is 0 Å². The van der Waals surface area contributed by atoms with Gasteiger partial charge in [0.2, 0.25) is 0 Å². The number of hydrogen-bond donors (Lipinski definition) is 1. The number of rotatable bonds is 8. The van der Waals surface area contributed by atoms with Gasteiger partial charge < -0.3 is 10.1 Å². The zero-order valence-electron chi connectivity index (χ0n) is 12.9. The molecule has 0 amide bonds. The van der Waals surface area contributed by atoms with Crippen LogP contribution in [0.4, 0.5) is 0 Å². The predicted molar refractivity (Wildman–Crippen MR) is 85.1 cm³/mol. The highest BCUT2D eigenvalue weighted by Gasteiger charge is 2.04. The Morgan fingerprint density at radius 2 is 2.15 bits per heavy atom. The maximum atomic E-state index is 11.1. The summed E-state index contributed by atoms with van der Waals surface area (Å²) in [5.74, 6) is 1.28. The van der Waals surface area contributed by atoms with Crippen LogP contribution in [0.15, 0.2) is 23.1 Å². The van der Waals surface area contributed by atoms with Crippen LogP contribution in [-0.2, 0) is 16.1 Å². The molecular weight excluding hydrogens is 270 g/mol.